The number of nitrogens with one attached hydrogen (secondary N) is 1. The normalized spacial score (nSPS) is 18.7. The zero-order valence-corrected chi connectivity index (χ0v) is 18.8. The van der Waals surface area contributed by atoms with Gasteiger partial charge in [-0.1, -0.05) is 60.7 Å². The maximum absolute atomic E-state index is 10.00. The number of aliphatic hydroxyl groups excluding tert-OH is 1. The van der Waals surface area contributed by atoms with E-state index in [0.29, 0.717) is 26.2 Å². The third kappa shape index (κ3) is 4.55. The second-order valence-electron chi connectivity index (χ2n) is 8.49. The molecule has 2 N–H and O–H groups in total. The molecule has 3 aromatic carbocycles. The van der Waals surface area contributed by atoms with Gasteiger partial charge in [0.25, 0.3) is 0 Å². The smallest absolute Gasteiger partial charge is 0.231 e. The Morgan fingerprint density at radius 1 is 0.939 bits per heavy atom. The summed E-state index contributed by atoms with van der Waals surface area (Å²) in [6.45, 7) is 3.63. The third-order valence-electron chi connectivity index (χ3n) is 6.22. The van der Waals surface area contributed by atoms with Crippen LogP contribution in [0.1, 0.15) is 33.9 Å². The van der Waals surface area contributed by atoms with Crippen molar-refractivity contribution in [3.8, 4) is 17.2 Å². The lowest BCUT2D eigenvalue weighted by Gasteiger charge is -2.34. The van der Waals surface area contributed by atoms with Crippen molar-refractivity contribution in [2.24, 2.45) is 0 Å². The fraction of sp³-hybridized carbons (Fsp3) is 0.333. The second kappa shape index (κ2) is 9.83. The Bertz CT molecular complexity index is 1090. The van der Waals surface area contributed by atoms with Gasteiger partial charge in [0.2, 0.25) is 6.79 Å². The number of benzene rings is 3. The molecule has 5 rings (SSSR count). The SMILES string of the molecule is Cc1c(OCc2ccccc2)c2c(c3c1OCO3)[C@@H](COCc1ccccc1)N[C@H](CO)C2. The Kier molecular flexibility index (Phi) is 6.48. The molecule has 0 aliphatic carbocycles. The van der Waals surface area contributed by atoms with E-state index in [9.17, 15) is 5.11 Å². The van der Waals surface area contributed by atoms with Crippen LogP contribution in [-0.4, -0.2) is 31.2 Å². The Hall–Kier alpha value is -3.06. The third-order valence-corrected chi connectivity index (χ3v) is 6.22. The van der Waals surface area contributed by atoms with Gasteiger partial charge in [0, 0.05) is 22.7 Å². The molecule has 0 bridgehead atoms. The number of rotatable bonds is 8. The van der Waals surface area contributed by atoms with Crippen molar-refractivity contribution < 1.29 is 24.1 Å². The van der Waals surface area contributed by atoms with Gasteiger partial charge in [-0.05, 0) is 24.5 Å². The van der Waals surface area contributed by atoms with Crippen LogP contribution < -0.4 is 19.5 Å². The molecule has 0 unspecified atom stereocenters. The highest BCUT2D eigenvalue weighted by Crippen LogP contribution is 2.50. The highest BCUT2D eigenvalue weighted by atomic mass is 16.7. The largest absolute Gasteiger partial charge is 0.488 e. The summed E-state index contributed by atoms with van der Waals surface area (Å²) < 4.78 is 24.2. The van der Waals surface area contributed by atoms with Crippen LogP contribution in [-0.2, 0) is 24.4 Å². The van der Waals surface area contributed by atoms with E-state index in [-0.39, 0.29) is 25.5 Å². The van der Waals surface area contributed by atoms with Gasteiger partial charge in [-0.2, -0.15) is 0 Å². The Morgan fingerprint density at radius 3 is 2.30 bits per heavy atom. The summed E-state index contributed by atoms with van der Waals surface area (Å²) in [5.41, 5.74) is 5.21. The molecule has 0 spiro atoms. The van der Waals surface area contributed by atoms with Crippen molar-refractivity contribution in [3.63, 3.8) is 0 Å². The first-order valence-corrected chi connectivity index (χ1v) is 11.3. The fourth-order valence-corrected chi connectivity index (χ4v) is 4.63. The minimum absolute atomic E-state index is 0.0280. The van der Waals surface area contributed by atoms with Crippen molar-refractivity contribution in [1.82, 2.24) is 5.32 Å². The first-order valence-electron chi connectivity index (χ1n) is 11.3. The summed E-state index contributed by atoms with van der Waals surface area (Å²) in [5, 5.41) is 13.5. The predicted molar refractivity (Wildman–Crippen MR) is 125 cm³/mol. The predicted octanol–water partition coefficient (Wildman–Crippen LogP) is 4.07. The van der Waals surface area contributed by atoms with Crippen molar-refractivity contribution in [2.75, 3.05) is 20.0 Å². The second-order valence-corrected chi connectivity index (χ2v) is 8.49. The van der Waals surface area contributed by atoms with Crippen molar-refractivity contribution in [1.29, 1.82) is 0 Å². The number of ether oxygens (including phenoxy) is 4. The molecule has 3 aromatic rings. The molecule has 2 aliphatic heterocycles. The molecule has 0 aromatic heterocycles. The van der Waals surface area contributed by atoms with Crippen molar-refractivity contribution in [2.45, 2.75) is 38.6 Å². The first kappa shape index (κ1) is 21.8. The van der Waals surface area contributed by atoms with Crippen molar-refractivity contribution >= 4 is 0 Å². The zero-order valence-electron chi connectivity index (χ0n) is 18.8. The molecule has 0 amide bonds. The average molecular weight is 448 g/mol. The molecule has 6 nitrogen and oxygen atoms in total. The summed E-state index contributed by atoms with van der Waals surface area (Å²) in [6.07, 6.45) is 0.641. The summed E-state index contributed by atoms with van der Waals surface area (Å²) in [5.74, 6) is 2.30. The quantitative estimate of drug-likeness (QED) is 0.543. The van der Waals surface area contributed by atoms with E-state index in [2.05, 4.69) is 5.32 Å². The molecule has 33 heavy (non-hydrogen) atoms. The van der Waals surface area contributed by atoms with Crippen LogP contribution in [0.4, 0.5) is 0 Å². The molecule has 0 fully saturated rings. The topological polar surface area (TPSA) is 69.2 Å². The van der Waals surface area contributed by atoms with Crippen LogP contribution in [0, 0.1) is 6.92 Å². The van der Waals surface area contributed by atoms with Gasteiger partial charge >= 0.3 is 0 Å². The number of aliphatic hydroxyl groups is 1. The maximum Gasteiger partial charge on any atom is 0.231 e. The molecule has 6 heteroatoms. The number of hydrogen-bond donors (Lipinski definition) is 2. The van der Waals surface area contributed by atoms with Gasteiger partial charge in [0.1, 0.15) is 12.4 Å². The lowest BCUT2D eigenvalue weighted by atomic mass is 9.87. The van der Waals surface area contributed by atoms with Gasteiger partial charge in [-0.3, -0.25) is 0 Å². The van der Waals surface area contributed by atoms with Gasteiger partial charge in [0.15, 0.2) is 11.5 Å². The van der Waals surface area contributed by atoms with Gasteiger partial charge in [-0.15, -0.1) is 0 Å². The molecule has 0 radical (unpaired) electrons. The Balaban J connectivity index is 1.46. The van der Waals surface area contributed by atoms with Crippen LogP contribution in [0.15, 0.2) is 60.7 Å². The van der Waals surface area contributed by atoms with Crippen molar-refractivity contribution in [3.05, 3.63) is 88.5 Å². The van der Waals surface area contributed by atoms with E-state index < -0.39 is 0 Å². The Labute approximate surface area is 194 Å². The van der Waals surface area contributed by atoms with Crippen LogP contribution in [0.25, 0.3) is 0 Å². The van der Waals surface area contributed by atoms with E-state index >= 15 is 0 Å². The van der Waals surface area contributed by atoms with Crippen LogP contribution >= 0.6 is 0 Å². The Morgan fingerprint density at radius 2 is 1.61 bits per heavy atom. The molecular formula is C27H29NO5. The molecule has 2 atom stereocenters. The van der Waals surface area contributed by atoms with E-state index in [1.165, 1.54) is 0 Å². The lowest BCUT2D eigenvalue weighted by Crippen LogP contribution is -2.43. The standard InChI is InChI=1S/C27H29NO5/c1-18-25(31-15-20-10-6-3-7-11-20)22-12-21(13-29)28-23(24(22)27-26(18)32-17-33-27)16-30-14-19-8-4-2-5-9-19/h2-11,21,23,28-29H,12-17H2,1H3/t21-,23+/m0/s1. The molecule has 172 valence electrons. The first-order chi connectivity index (χ1) is 16.2. The zero-order chi connectivity index (χ0) is 22.6. The van der Waals surface area contributed by atoms with E-state index in [0.717, 1.165) is 45.1 Å². The molecular weight excluding hydrogens is 418 g/mol. The summed E-state index contributed by atoms with van der Waals surface area (Å²) in [7, 11) is 0. The average Bonchev–Trinajstić information content (AvgIpc) is 3.35. The van der Waals surface area contributed by atoms with Gasteiger partial charge in [0.05, 0.1) is 25.9 Å². The lowest BCUT2D eigenvalue weighted by molar-refractivity contribution is 0.0855. The van der Waals surface area contributed by atoms with Gasteiger partial charge in [-0.25, -0.2) is 0 Å². The van der Waals surface area contributed by atoms with E-state index in [1.54, 1.807) is 0 Å². The summed E-state index contributed by atoms with van der Waals surface area (Å²) >= 11 is 0. The fourth-order valence-electron chi connectivity index (χ4n) is 4.63. The van der Waals surface area contributed by atoms with Crippen LogP contribution in [0.5, 0.6) is 17.2 Å². The summed E-state index contributed by atoms with van der Waals surface area (Å²) in [6, 6.07) is 20.0. The van der Waals surface area contributed by atoms with Gasteiger partial charge < -0.3 is 29.4 Å². The van der Waals surface area contributed by atoms with E-state index in [4.69, 9.17) is 18.9 Å². The number of fused-ring (bicyclic) bond motifs is 3. The minimum atomic E-state index is -0.148. The van der Waals surface area contributed by atoms with E-state index in [1.807, 2.05) is 67.6 Å². The molecule has 0 saturated carbocycles. The van der Waals surface area contributed by atoms with Crippen LogP contribution in [0.3, 0.4) is 0 Å². The number of hydrogen-bond acceptors (Lipinski definition) is 6. The maximum atomic E-state index is 10.00. The van der Waals surface area contributed by atoms with Crippen LogP contribution in [0.2, 0.25) is 0 Å². The minimum Gasteiger partial charge on any atom is -0.488 e. The highest BCUT2D eigenvalue weighted by Gasteiger charge is 2.37. The highest BCUT2D eigenvalue weighted by molar-refractivity contribution is 5.65. The molecule has 2 aliphatic rings. The summed E-state index contributed by atoms with van der Waals surface area (Å²) in [4.78, 5) is 0. The monoisotopic (exact) mass is 447 g/mol. The molecule has 2 heterocycles. The molecule has 0 saturated heterocycles.